The van der Waals surface area contributed by atoms with E-state index in [1.54, 1.807) is 6.92 Å². The molecule has 1 rings (SSSR count). The first-order chi connectivity index (χ1) is 6.38. The molecule has 1 saturated carbocycles. The lowest BCUT2D eigenvalue weighted by Crippen LogP contribution is -2.24. The van der Waals surface area contributed by atoms with E-state index in [1.165, 1.54) is 0 Å². The van der Waals surface area contributed by atoms with Gasteiger partial charge in [0.05, 0.1) is 11.5 Å². The van der Waals surface area contributed by atoms with Gasteiger partial charge in [-0.15, -0.1) is 0 Å². The third-order valence-corrected chi connectivity index (χ3v) is 3.16. The van der Waals surface area contributed by atoms with Gasteiger partial charge in [0.15, 0.2) is 0 Å². The van der Waals surface area contributed by atoms with Crippen molar-refractivity contribution < 1.29 is 14.6 Å². The maximum absolute atomic E-state index is 11.4. The molecule has 4 unspecified atom stereocenters. The van der Waals surface area contributed by atoms with E-state index in [1.807, 2.05) is 20.8 Å². The number of hydrogen-bond donors (Lipinski definition) is 1. The van der Waals surface area contributed by atoms with Crippen LogP contribution in [0.15, 0.2) is 0 Å². The van der Waals surface area contributed by atoms with Crippen molar-refractivity contribution in [2.75, 3.05) is 0 Å². The Balaban J connectivity index is 2.35. The fourth-order valence-electron chi connectivity index (χ4n) is 1.61. The van der Waals surface area contributed by atoms with E-state index in [-0.39, 0.29) is 23.9 Å². The number of carbonyl (C=O) groups is 1. The Hall–Kier alpha value is -0.570. The molecule has 1 fully saturated rings. The van der Waals surface area contributed by atoms with Crippen LogP contribution in [0.3, 0.4) is 0 Å². The van der Waals surface area contributed by atoms with Crippen molar-refractivity contribution >= 4 is 5.97 Å². The Morgan fingerprint density at radius 1 is 1.64 bits per heavy atom. The van der Waals surface area contributed by atoms with Crippen molar-refractivity contribution in [1.82, 2.24) is 0 Å². The zero-order chi connectivity index (χ0) is 10.9. The molecule has 0 saturated heterocycles. The van der Waals surface area contributed by atoms with Gasteiger partial charge in [0.2, 0.25) is 0 Å². The molecule has 0 heterocycles. The third kappa shape index (κ3) is 2.47. The smallest absolute Gasteiger partial charge is 0.308 e. The summed E-state index contributed by atoms with van der Waals surface area (Å²) in [6, 6.07) is 0. The van der Waals surface area contributed by atoms with Crippen LogP contribution in [0.1, 0.15) is 40.5 Å². The molecule has 3 nitrogen and oxygen atoms in total. The first kappa shape index (κ1) is 11.5. The predicted octanol–water partition coefficient (Wildman–Crippen LogP) is 1.74. The number of rotatable bonds is 4. The molecule has 0 bridgehead atoms. The molecule has 0 aromatic heterocycles. The lowest BCUT2D eigenvalue weighted by molar-refractivity contribution is -0.154. The van der Waals surface area contributed by atoms with Gasteiger partial charge in [0.25, 0.3) is 0 Å². The van der Waals surface area contributed by atoms with Crippen LogP contribution in [0.2, 0.25) is 0 Å². The van der Waals surface area contributed by atoms with E-state index in [2.05, 4.69) is 0 Å². The molecule has 1 aliphatic rings. The van der Waals surface area contributed by atoms with Crippen LogP contribution in [0.25, 0.3) is 0 Å². The first-order valence-corrected chi connectivity index (χ1v) is 5.31. The molecule has 3 heteroatoms. The van der Waals surface area contributed by atoms with Gasteiger partial charge >= 0.3 is 5.97 Å². The standard InChI is InChI=1S/C11H20O3/c1-5-7(2)10(12)14-8(3)9-6-11(9,4)13/h7-9,13H,5-6H2,1-4H3. The summed E-state index contributed by atoms with van der Waals surface area (Å²) in [4.78, 5) is 11.4. The molecule has 1 aliphatic carbocycles. The molecule has 1 N–H and O–H groups in total. The van der Waals surface area contributed by atoms with Gasteiger partial charge in [0.1, 0.15) is 6.10 Å². The number of esters is 1. The number of hydrogen-bond acceptors (Lipinski definition) is 3. The molecule has 0 radical (unpaired) electrons. The summed E-state index contributed by atoms with van der Waals surface area (Å²) in [5.41, 5.74) is -0.616. The van der Waals surface area contributed by atoms with Crippen LogP contribution in [0.4, 0.5) is 0 Å². The van der Waals surface area contributed by atoms with Crippen LogP contribution < -0.4 is 0 Å². The van der Waals surface area contributed by atoms with Crippen molar-refractivity contribution in [2.45, 2.75) is 52.2 Å². The summed E-state index contributed by atoms with van der Waals surface area (Å²) in [5, 5.41) is 9.58. The minimum atomic E-state index is -0.616. The monoisotopic (exact) mass is 200 g/mol. The van der Waals surface area contributed by atoms with E-state index in [0.717, 1.165) is 12.8 Å². The van der Waals surface area contributed by atoms with Crippen molar-refractivity contribution in [3.63, 3.8) is 0 Å². The zero-order valence-corrected chi connectivity index (χ0v) is 9.41. The molecular weight excluding hydrogens is 180 g/mol. The lowest BCUT2D eigenvalue weighted by atomic mass is 10.1. The van der Waals surface area contributed by atoms with Gasteiger partial charge in [-0.3, -0.25) is 4.79 Å². The number of carbonyl (C=O) groups excluding carboxylic acids is 1. The SMILES string of the molecule is CCC(C)C(=O)OC(C)C1CC1(C)O. The average molecular weight is 200 g/mol. The summed E-state index contributed by atoms with van der Waals surface area (Å²) in [6.45, 7) is 7.46. The van der Waals surface area contributed by atoms with Gasteiger partial charge < -0.3 is 9.84 Å². The second kappa shape index (κ2) is 3.89. The largest absolute Gasteiger partial charge is 0.462 e. The van der Waals surface area contributed by atoms with Gasteiger partial charge in [0, 0.05) is 5.92 Å². The lowest BCUT2D eigenvalue weighted by Gasteiger charge is -2.16. The third-order valence-electron chi connectivity index (χ3n) is 3.16. The second-order valence-corrected chi connectivity index (χ2v) is 4.62. The highest BCUT2D eigenvalue weighted by atomic mass is 16.5. The molecule has 14 heavy (non-hydrogen) atoms. The molecule has 4 atom stereocenters. The molecule has 0 aromatic rings. The van der Waals surface area contributed by atoms with Crippen LogP contribution in [0.5, 0.6) is 0 Å². The Morgan fingerprint density at radius 2 is 2.14 bits per heavy atom. The maximum Gasteiger partial charge on any atom is 0.308 e. The van der Waals surface area contributed by atoms with Crippen LogP contribution in [0, 0.1) is 11.8 Å². The Morgan fingerprint density at radius 3 is 2.50 bits per heavy atom. The van der Waals surface area contributed by atoms with Gasteiger partial charge in [-0.2, -0.15) is 0 Å². The minimum Gasteiger partial charge on any atom is -0.462 e. The zero-order valence-electron chi connectivity index (χ0n) is 9.41. The van der Waals surface area contributed by atoms with Crippen LogP contribution in [-0.4, -0.2) is 22.8 Å². The van der Waals surface area contributed by atoms with Gasteiger partial charge in [-0.1, -0.05) is 13.8 Å². The van der Waals surface area contributed by atoms with Crippen molar-refractivity contribution in [3.05, 3.63) is 0 Å². The van der Waals surface area contributed by atoms with Gasteiger partial charge in [-0.25, -0.2) is 0 Å². The molecule has 0 amide bonds. The molecule has 0 aliphatic heterocycles. The van der Waals surface area contributed by atoms with E-state index in [0.29, 0.717) is 0 Å². The maximum atomic E-state index is 11.4. The van der Waals surface area contributed by atoms with Crippen LogP contribution >= 0.6 is 0 Å². The second-order valence-electron chi connectivity index (χ2n) is 4.62. The summed E-state index contributed by atoms with van der Waals surface area (Å²) in [6.07, 6.45) is 1.38. The Bertz CT molecular complexity index is 223. The summed E-state index contributed by atoms with van der Waals surface area (Å²) >= 11 is 0. The van der Waals surface area contributed by atoms with Crippen molar-refractivity contribution in [2.24, 2.45) is 11.8 Å². The van der Waals surface area contributed by atoms with E-state index in [4.69, 9.17) is 4.74 Å². The normalized spacial score (nSPS) is 34.8. The predicted molar refractivity (Wildman–Crippen MR) is 53.7 cm³/mol. The fourth-order valence-corrected chi connectivity index (χ4v) is 1.61. The topological polar surface area (TPSA) is 46.5 Å². The molecular formula is C11H20O3. The number of ether oxygens (including phenoxy) is 1. The summed E-state index contributed by atoms with van der Waals surface area (Å²) in [5.74, 6) is -0.0700. The van der Waals surface area contributed by atoms with E-state index < -0.39 is 5.60 Å². The summed E-state index contributed by atoms with van der Waals surface area (Å²) < 4.78 is 5.26. The fraction of sp³-hybridized carbons (Fsp3) is 0.909. The highest BCUT2D eigenvalue weighted by molar-refractivity contribution is 5.72. The van der Waals surface area contributed by atoms with Crippen molar-refractivity contribution in [3.8, 4) is 0 Å². The average Bonchev–Trinajstić information content (AvgIpc) is 2.73. The highest BCUT2D eigenvalue weighted by Crippen LogP contribution is 2.46. The number of aliphatic hydroxyl groups is 1. The van der Waals surface area contributed by atoms with E-state index in [9.17, 15) is 9.90 Å². The molecule has 0 spiro atoms. The van der Waals surface area contributed by atoms with Gasteiger partial charge in [-0.05, 0) is 26.7 Å². The quantitative estimate of drug-likeness (QED) is 0.703. The molecule has 82 valence electrons. The van der Waals surface area contributed by atoms with Crippen molar-refractivity contribution in [1.29, 1.82) is 0 Å². The first-order valence-electron chi connectivity index (χ1n) is 5.31. The Kier molecular flexibility index (Phi) is 3.20. The van der Waals surface area contributed by atoms with E-state index >= 15 is 0 Å². The minimum absolute atomic E-state index is 0.0406. The summed E-state index contributed by atoms with van der Waals surface area (Å²) in [7, 11) is 0. The molecule has 0 aromatic carbocycles. The highest BCUT2D eigenvalue weighted by Gasteiger charge is 2.53. The Labute approximate surface area is 85.5 Å². The van der Waals surface area contributed by atoms with Crippen LogP contribution in [-0.2, 0) is 9.53 Å².